The van der Waals surface area contributed by atoms with Crippen LogP contribution < -0.4 is 34.7 Å². The maximum absolute atomic E-state index is 10.1. The summed E-state index contributed by atoms with van der Waals surface area (Å²) in [6.45, 7) is 0. The smallest absolute Gasteiger partial charge is 0.550 e. The number of carbonyl (C=O) groups excluding carboxylic acids is 1. The third-order valence-electron chi connectivity index (χ3n) is 1.06. The average Bonchev–Trinajstić information content (AvgIpc) is 1.93. The first-order valence-corrected chi connectivity index (χ1v) is 3.22. The number of hydrogen-bond donors (Lipinski definition) is 0. The van der Waals surface area contributed by atoms with Crippen molar-refractivity contribution in [3.8, 4) is 0 Å². The summed E-state index contributed by atoms with van der Waals surface area (Å²) in [5.74, 6) is -1.20. The van der Waals surface area contributed by atoms with Crippen LogP contribution in [-0.4, -0.2) is 15.9 Å². The van der Waals surface area contributed by atoms with E-state index in [-0.39, 0.29) is 46.7 Å². The van der Waals surface area contributed by atoms with Crippen LogP contribution in [0.5, 0.6) is 0 Å². The van der Waals surface area contributed by atoms with Crippen LogP contribution in [0.15, 0.2) is 12.5 Å². The second-order valence-corrected chi connectivity index (χ2v) is 2.27. The Balaban J connectivity index is 0.00000121. The van der Waals surface area contributed by atoms with E-state index in [1.165, 1.54) is 12.5 Å². The van der Waals surface area contributed by atoms with Gasteiger partial charge < -0.3 is 9.90 Å². The van der Waals surface area contributed by atoms with Crippen molar-refractivity contribution in [2.75, 3.05) is 0 Å². The number of carbonyl (C=O) groups is 1. The fourth-order valence-electron chi connectivity index (χ4n) is 0.605. The number of carboxylic acids is 1. The molecule has 0 aromatic carbocycles. The van der Waals surface area contributed by atoms with Crippen LogP contribution >= 0.6 is 11.6 Å². The molecule has 12 heavy (non-hydrogen) atoms. The van der Waals surface area contributed by atoms with Gasteiger partial charge in [-0.15, -0.1) is 0 Å². The molecular weight excluding hydrogens is 191 g/mol. The van der Waals surface area contributed by atoms with Crippen molar-refractivity contribution >= 4 is 17.6 Å². The summed E-state index contributed by atoms with van der Waals surface area (Å²) in [6, 6.07) is 0. The van der Waals surface area contributed by atoms with E-state index in [4.69, 9.17) is 11.6 Å². The molecule has 0 saturated heterocycles. The second-order valence-electron chi connectivity index (χ2n) is 1.87. The molecule has 1 aromatic heterocycles. The Morgan fingerprint density at radius 3 is 2.83 bits per heavy atom. The maximum Gasteiger partial charge on any atom is 1.00 e. The van der Waals surface area contributed by atoms with Gasteiger partial charge in [-0.25, -0.2) is 9.97 Å². The fourth-order valence-corrected chi connectivity index (χ4v) is 0.777. The van der Waals surface area contributed by atoms with Crippen molar-refractivity contribution in [2.45, 2.75) is 6.42 Å². The van der Waals surface area contributed by atoms with Crippen LogP contribution in [-0.2, 0) is 11.2 Å². The quantitative estimate of drug-likeness (QED) is 0.457. The van der Waals surface area contributed by atoms with Gasteiger partial charge in [0.1, 0.15) is 6.33 Å². The molecule has 1 rings (SSSR count). The molecule has 0 fully saturated rings. The summed E-state index contributed by atoms with van der Waals surface area (Å²) in [6.07, 6.45) is 2.30. The van der Waals surface area contributed by atoms with E-state index in [0.717, 1.165) is 0 Å². The molecular formula is C6H4ClN2NaO2. The molecule has 0 N–H and O–H groups in total. The minimum atomic E-state index is -1.20. The van der Waals surface area contributed by atoms with E-state index < -0.39 is 5.97 Å². The fraction of sp³-hybridized carbons (Fsp3) is 0.167. The van der Waals surface area contributed by atoms with E-state index in [1.807, 2.05) is 0 Å². The van der Waals surface area contributed by atoms with E-state index in [9.17, 15) is 9.90 Å². The van der Waals surface area contributed by atoms with Crippen molar-refractivity contribution in [1.82, 2.24) is 9.97 Å². The summed E-state index contributed by atoms with van der Waals surface area (Å²) < 4.78 is 0. The Labute approximate surface area is 96.3 Å². The van der Waals surface area contributed by atoms with Gasteiger partial charge in [-0.1, -0.05) is 11.6 Å². The van der Waals surface area contributed by atoms with Crippen LogP contribution in [0, 0.1) is 0 Å². The molecule has 0 atom stereocenters. The molecule has 4 nitrogen and oxygen atoms in total. The van der Waals surface area contributed by atoms with Gasteiger partial charge in [0.05, 0.1) is 10.7 Å². The van der Waals surface area contributed by atoms with Gasteiger partial charge in [0.2, 0.25) is 0 Å². The zero-order chi connectivity index (χ0) is 8.27. The Kier molecular flexibility index (Phi) is 5.41. The molecule has 1 heterocycles. The molecule has 0 amide bonds. The summed E-state index contributed by atoms with van der Waals surface area (Å²) in [4.78, 5) is 17.3. The minimum Gasteiger partial charge on any atom is -0.550 e. The number of carboxylic acid groups (broad SMARTS) is 1. The van der Waals surface area contributed by atoms with Crippen molar-refractivity contribution in [3.05, 3.63) is 23.2 Å². The zero-order valence-electron chi connectivity index (χ0n) is 6.45. The molecule has 0 spiro atoms. The van der Waals surface area contributed by atoms with E-state index >= 15 is 0 Å². The first kappa shape index (κ1) is 11.8. The van der Waals surface area contributed by atoms with Gasteiger partial charge in [-0.3, -0.25) is 0 Å². The molecule has 0 aliphatic rings. The van der Waals surface area contributed by atoms with Gasteiger partial charge in [-0.05, 0) is 0 Å². The SMILES string of the molecule is O=C([O-])Cc1ncncc1Cl.[Na+]. The van der Waals surface area contributed by atoms with Gasteiger partial charge in [0.15, 0.2) is 0 Å². The van der Waals surface area contributed by atoms with Gasteiger partial charge in [-0.2, -0.15) is 0 Å². The third-order valence-corrected chi connectivity index (χ3v) is 1.37. The summed E-state index contributed by atoms with van der Waals surface area (Å²) in [5.41, 5.74) is 0.279. The first-order chi connectivity index (χ1) is 5.20. The predicted octanol–water partition coefficient (Wildman–Crippen LogP) is -3.57. The Morgan fingerprint density at radius 2 is 2.33 bits per heavy atom. The molecule has 0 bridgehead atoms. The summed E-state index contributed by atoms with van der Waals surface area (Å²) >= 11 is 5.55. The van der Waals surface area contributed by atoms with Crippen LogP contribution in [0.4, 0.5) is 0 Å². The number of rotatable bonds is 2. The largest absolute Gasteiger partial charge is 1.00 e. The third kappa shape index (κ3) is 3.49. The van der Waals surface area contributed by atoms with Crippen molar-refractivity contribution in [2.24, 2.45) is 0 Å². The van der Waals surface area contributed by atoms with E-state index in [2.05, 4.69) is 9.97 Å². The second kappa shape index (κ2) is 5.48. The van der Waals surface area contributed by atoms with Gasteiger partial charge in [0, 0.05) is 18.6 Å². The van der Waals surface area contributed by atoms with Gasteiger partial charge in [0.25, 0.3) is 0 Å². The Morgan fingerprint density at radius 1 is 1.67 bits per heavy atom. The number of aliphatic carboxylic acids is 1. The number of hydrogen-bond acceptors (Lipinski definition) is 4. The predicted molar refractivity (Wildman–Crippen MR) is 35.8 cm³/mol. The molecule has 0 aliphatic heterocycles. The van der Waals surface area contributed by atoms with Crippen LogP contribution in [0.1, 0.15) is 5.69 Å². The Bertz CT molecular complexity index is 282. The maximum atomic E-state index is 10.1. The molecule has 0 aliphatic carbocycles. The Hall–Kier alpha value is -0.160. The van der Waals surface area contributed by atoms with E-state index in [0.29, 0.717) is 0 Å². The molecule has 0 saturated carbocycles. The molecule has 0 unspecified atom stereocenters. The van der Waals surface area contributed by atoms with E-state index in [1.54, 1.807) is 0 Å². The van der Waals surface area contributed by atoms with Crippen molar-refractivity contribution < 1.29 is 39.5 Å². The topological polar surface area (TPSA) is 65.9 Å². The summed E-state index contributed by atoms with van der Waals surface area (Å²) in [5, 5.41) is 10.3. The minimum absolute atomic E-state index is 0. The van der Waals surface area contributed by atoms with Crippen molar-refractivity contribution in [1.29, 1.82) is 0 Å². The van der Waals surface area contributed by atoms with Crippen LogP contribution in [0.3, 0.4) is 0 Å². The molecule has 6 heteroatoms. The van der Waals surface area contributed by atoms with Crippen LogP contribution in [0.25, 0.3) is 0 Å². The number of aromatic nitrogens is 2. The van der Waals surface area contributed by atoms with Gasteiger partial charge >= 0.3 is 29.6 Å². The monoisotopic (exact) mass is 194 g/mol. The number of nitrogens with zero attached hydrogens (tertiary/aromatic N) is 2. The molecule has 0 radical (unpaired) electrons. The average molecular weight is 195 g/mol. The normalized spacial score (nSPS) is 8.75. The van der Waals surface area contributed by atoms with Crippen molar-refractivity contribution in [3.63, 3.8) is 0 Å². The first-order valence-electron chi connectivity index (χ1n) is 2.84. The number of halogens is 1. The standard InChI is InChI=1S/C6H5ClN2O2.Na/c7-4-2-8-3-9-5(4)1-6(10)11;/h2-3H,1H2,(H,10,11);/q;+1/p-1. The zero-order valence-corrected chi connectivity index (χ0v) is 9.21. The summed E-state index contributed by atoms with van der Waals surface area (Å²) in [7, 11) is 0. The van der Waals surface area contributed by atoms with Crippen LogP contribution in [0.2, 0.25) is 5.02 Å². The molecule has 1 aromatic rings. The molecule has 58 valence electrons.